The van der Waals surface area contributed by atoms with Crippen molar-refractivity contribution < 1.29 is 9.53 Å². The normalized spacial score (nSPS) is 26.0. The summed E-state index contributed by atoms with van der Waals surface area (Å²) in [6, 6.07) is 8.82. The second-order valence-corrected chi connectivity index (χ2v) is 7.14. The third-order valence-electron chi connectivity index (χ3n) is 5.78. The van der Waals surface area contributed by atoms with Gasteiger partial charge in [0.15, 0.2) is 0 Å². The van der Waals surface area contributed by atoms with Gasteiger partial charge >= 0.3 is 0 Å². The summed E-state index contributed by atoms with van der Waals surface area (Å²) in [7, 11) is 0. The summed E-state index contributed by atoms with van der Waals surface area (Å²) in [4.78, 5) is 19.7. The summed E-state index contributed by atoms with van der Waals surface area (Å²) >= 11 is 0. The largest absolute Gasteiger partial charge is 0.363 e. The maximum Gasteiger partial charge on any atom is 0.252 e. The molecule has 1 amide bonds. The molecule has 5 nitrogen and oxygen atoms in total. The fraction of sp³-hybridized carbons (Fsp3) is 0.632. The van der Waals surface area contributed by atoms with Gasteiger partial charge < -0.3 is 14.5 Å². The molecule has 5 heteroatoms. The molecule has 3 aliphatic rings. The maximum absolute atomic E-state index is 12.7. The van der Waals surface area contributed by atoms with Crippen LogP contribution < -0.4 is 0 Å². The number of nitrogens with zero attached hydrogens (tertiary/aromatic N) is 3. The molecule has 1 unspecified atom stereocenters. The Morgan fingerprint density at radius 2 is 1.83 bits per heavy atom. The van der Waals surface area contributed by atoms with Crippen molar-refractivity contribution in [1.82, 2.24) is 14.7 Å². The highest BCUT2D eigenvalue weighted by atomic mass is 16.5. The first kappa shape index (κ1) is 16.1. The number of hydrogen-bond donors (Lipinski definition) is 0. The number of hydrogen-bond acceptors (Lipinski definition) is 4. The first-order valence-electron chi connectivity index (χ1n) is 9.18. The fourth-order valence-corrected chi connectivity index (χ4v) is 4.02. The molecule has 1 aromatic carbocycles. The van der Waals surface area contributed by atoms with E-state index in [0.717, 1.165) is 45.8 Å². The fourth-order valence-electron chi connectivity index (χ4n) is 4.02. The smallest absolute Gasteiger partial charge is 0.252 e. The molecule has 3 heterocycles. The van der Waals surface area contributed by atoms with Crippen molar-refractivity contribution >= 4 is 5.91 Å². The summed E-state index contributed by atoms with van der Waals surface area (Å²) in [6.45, 7) is 10.2. The molecule has 0 aliphatic carbocycles. The predicted octanol–water partition coefficient (Wildman–Crippen LogP) is 0.976. The van der Waals surface area contributed by atoms with E-state index < -0.39 is 0 Å². The molecule has 0 aromatic heterocycles. The monoisotopic (exact) mass is 329 g/mol. The van der Waals surface area contributed by atoms with Crippen LogP contribution in [0.15, 0.2) is 24.3 Å². The molecule has 0 N–H and O–H groups in total. The number of carbonyl (C=O) groups excluding carboxylic acids is 1. The highest BCUT2D eigenvalue weighted by molar-refractivity contribution is 5.82. The molecule has 130 valence electrons. The lowest BCUT2D eigenvalue weighted by Gasteiger charge is -2.48. The Morgan fingerprint density at radius 1 is 1.12 bits per heavy atom. The molecule has 4 rings (SSSR count). The molecule has 3 aliphatic heterocycles. The summed E-state index contributed by atoms with van der Waals surface area (Å²) < 4.78 is 5.82. The SMILES string of the molecule is CCN1CCN(C2CN(C(=O)C3Cc4ccccc4CO3)C2)CC1. The maximum atomic E-state index is 12.7. The van der Waals surface area contributed by atoms with Gasteiger partial charge in [-0.3, -0.25) is 9.69 Å². The van der Waals surface area contributed by atoms with Gasteiger partial charge in [-0.2, -0.15) is 0 Å². The van der Waals surface area contributed by atoms with Crippen LogP contribution >= 0.6 is 0 Å². The van der Waals surface area contributed by atoms with E-state index in [1.165, 1.54) is 11.1 Å². The molecule has 1 aromatic rings. The number of fused-ring (bicyclic) bond motifs is 1. The van der Waals surface area contributed by atoms with Gasteiger partial charge in [0, 0.05) is 51.7 Å². The van der Waals surface area contributed by atoms with Crippen LogP contribution in [0.2, 0.25) is 0 Å². The zero-order valence-corrected chi connectivity index (χ0v) is 14.5. The van der Waals surface area contributed by atoms with Crippen molar-refractivity contribution in [2.45, 2.75) is 32.1 Å². The molecule has 1 atom stereocenters. The Labute approximate surface area is 144 Å². The third-order valence-corrected chi connectivity index (χ3v) is 5.78. The molecular weight excluding hydrogens is 302 g/mol. The van der Waals surface area contributed by atoms with Crippen molar-refractivity contribution in [1.29, 1.82) is 0 Å². The average Bonchev–Trinajstić information content (AvgIpc) is 2.60. The van der Waals surface area contributed by atoms with Crippen LogP contribution in [0, 0.1) is 0 Å². The number of ether oxygens (including phenoxy) is 1. The van der Waals surface area contributed by atoms with Crippen molar-refractivity contribution in [3.8, 4) is 0 Å². The van der Waals surface area contributed by atoms with Crippen molar-refractivity contribution in [3.05, 3.63) is 35.4 Å². The molecular formula is C19H27N3O2. The number of piperazine rings is 1. The van der Waals surface area contributed by atoms with Crippen LogP contribution in [0.25, 0.3) is 0 Å². The number of likely N-dealkylation sites (tertiary alicyclic amines) is 1. The second kappa shape index (κ2) is 6.82. The molecule has 2 fully saturated rings. The second-order valence-electron chi connectivity index (χ2n) is 7.14. The van der Waals surface area contributed by atoms with Gasteiger partial charge in [0.25, 0.3) is 5.91 Å². The van der Waals surface area contributed by atoms with Gasteiger partial charge in [-0.05, 0) is 17.7 Å². The lowest BCUT2D eigenvalue weighted by molar-refractivity contribution is -0.153. The topological polar surface area (TPSA) is 36.0 Å². The van der Waals surface area contributed by atoms with Gasteiger partial charge in [0.2, 0.25) is 0 Å². The van der Waals surface area contributed by atoms with E-state index >= 15 is 0 Å². The Balaban J connectivity index is 1.28. The van der Waals surface area contributed by atoms with Crippen molar-refractivity contribution in [3.63, 3.8) is 0 Å². The highest BCUT2D eigenvalue weighted by Crippen LogP contribution is 2.24. The molecule has 0 radical (unpaired) electrons. The first-order valence-corrected chi connectivity index (χ1v) is 9.18. The molecule has 0 bridgehead atoms. The van der Waals surface area contributed by atoms with E-state index in [1.807, 2.05) is 17.0 Å². The zero-order chi connectivity index (χ0) is 16.5. The molecule has 24 heavy (non-hydrogen) atoms. The van der Waals surface area contributed by atoms with Gasteiger partial charge in [0.1, 0.15) is 6.10 Å². The van der Waals surface area contributed by atoms with Crippen LogP contribution in [0.3, 0.4) is 0 Å². The Morgan fingerprint density at radius 3 is 2.54 bits per heavy atom. The van der Waals surface area contributed by atoms with Gasteiger partial charge in [-0.1, -0.05) is 31.2 Å². The molecule has 0 spiro atoms. The van der Waals surface area contributed by atoms with Crippen molar-refractivity contribution in [2.24, 2.45) is 0 Å². The van der Waals surface area contributed by atoms with Crippen molar-refractivity contribution in [2.75, 3.05) is 45.8 Å². The molecule has 2 saturated heterocycles. The number of rotatable bonds is 3. The summed E-state index contributed by atoms with van der Waals surface area (Å²) in [5.74, 6) is 0.174. The lowest BCUT2D eigenvalue weighted by atomic mass is 9.97. The van der Waals surface area contributed by atoms with Crippen LogP contribution in [0.4, 0.5) is 0 Å². The Kier molecular flexibility index (Phi) is 4.57. The van der Waals surface area contributed by atoms with Gasteiger partial charge in [0.05, 0.1) is 6.61 Å². The Bertz CT molecular complexity index is 592. The lowest BCUT2D eigenvalue weighted by Crippen LogP contribution is -2.65. The first-order chi connectivity index (χ1) is 11.7. The number of likely N-dealkylation sites (N-methyl/N-ethyl adjacent to an activating group) is 1. The Hall–Kier alpha value is -1.43. The number of benzene rings is 1. The summed E-state index contributed by atoms with van der Waals surface area (Å²) in [6.07, 6.45) is 0.420. The number of amides is 1. The van der Waals surface area contributed by atoms with E-state index in [9.17, 15) is 4.79 Å². The van der Waals surface area contributed by atoms with E-state index in [2.05, 4.69) is 28.9 Å². The zero-order valence-electron chi connectivity index (χ0n) is 14.5. The van der Waals surface area contributed by atoms with E-state index in [1.54, 1.807) is 0 Å². The van der Waals surface area contributed by atoms with E-state index in [0.29, 0.717) is 19.1 Å². The van der Waals surface area contributed by atoms with Gasteiger partial charge in [-0.15, -0.1) is 0 Å². The quantitative estimate of drug-likeness (QED) is 0.828. The minimum absolute atomic E-state index is 0.174. The number of carbonyl (C=O) groups is 1. The van der Waals surface area contributed by atoms with E-state index in [-0.39, 0.29) is 12.0 Å². The minimum Gasteiger partial charge on any atom is -0.363 e. The average molecular weight is 329 g/mol. The van der Waals surface area contributed by atoms with E-state index in [4.69, 9.17) is 4.74 Å². The summed E-state index contributed by atoms with van der Waals surface area (Å²) in [5.41, 5.74) is 2.48. The summed E-state index contributed by atoms with van der Waals surface area (Å²) in [5, 5.41) is 0. The van der Waals surface area contributed by atoms with Crippen LogP contribution in [0.1, 0.15) is 18.1 Å². The standard InChI is InChI=1S/C19H27N3O2/c1-2-20-7-9-21(10-8-20)17-12-22(13-17)19(23)18-11-15-5-3-4-6-16(15)14-24-18/h3-6,17-18H,2,7-14H2,1H3. The molecule has 0 saturated carbocycles. The van der Waals surface area contributed by atoms with Crippen LogP contribution in [0.5, 0.6) is 0 Å². The third kappa shape index (κ3) is 3.08. The van der Waals surface area contributed by atoms with Gasteiger partial charge in [-0.25, -0.2) is 0 Å². The van der Waals surface area contributed by atoms with Crippen LogP contribution in [-0.4, -0.2) is 78.6 Å². The minimum atomic E-state index is -0.294. The van der Waals surface area contributed by atoms with Crippen LogP contribution in [-0.2, 0) is 22.6 Å². The highest BCUT2D eigenvalue weighted by Gasteiger charge is 2.39. The predicted molar refractivity (Wildman–Crippen MR) is 92.8 cm³/mol.